The average Bonchev–Trinajstić information content (AvgIpc) is 3.33. The van der Waals surface area contributed by atoms with Gasteiger partial charge in [0.25, 0.3) is 0 Å². The zero-order valence-electron chi connectivity index (χ0n) is 16.4. The van der Waals surface area contributed by atoms with Crippen molar-refractivity contribution in [1.29, 1.82) is 0 Å². The van der Waals surface area contributed by atoms with Crippen LogP contribution in [0.3, 0.4) is 0 Å². The predicted molar refractivity (Wildman–Crippen MR) is 114 cm³/mol. The number of carbonyl (C=O) groups excluding carboxylic acids is 1. The van der Waals surface area contributed by atoms with Crippen molar-refractivity contribution >= 4 is 28.6 Å². The van der Waals surface area contributed by atoms with E-state index in [1.165, 1.54) is 4.88 Å². The second kappa shape index (κ2) is 8.37. The summed E-state index contributed by atoms with van der Waals surface area (Å²) in [5.74, 6) is 0.0289. The molecule has 0 unspecified atom stereocenters. The molecular weight excluding hydrogens is 376 g/mol. The highest BCUT2D eigenvalue weighted by Crippen LogP contribution is 2.28. The summed E-state index contributed by atoms with van der Waals surface area (Å²) in [6.45, 7) is 7.03. The molecule has 144 valence electrons. The molecule has 0 radical (unpaired) electrons. The summed E-state index contributed by atoms with van der Waals surface area (Å²) in [6.07, 6.45) is 0. The molecule has 1 N–H and O–H groups in total. The van der Waals surface area contributed by atoms with Gasteiger partial charge >= 0.3 is 0 Å². The lowest BCUT2D eigenvalue weighted by Crippen LogP contribution is -2.36. The summed E-state index contributed by atoms with van der Waals surface area (Å²) < 4.78 is 2.06. The number of nitrogens with zero attached hydrogens (tertiary/aromatic N) is 3. The molecule has 0 saturated carbocycles. The summed E-state index contributed by atoms with van der Waals surface area (Å²) >= 11 is 3.36. The van der Waals surface area contributed by atoms with Crippen LogP contribution in [-0.4, -0.2) is 41.0 Å². The molecule has 0 saturated heterocycles. The lowest BCUT2D eigenvalue weighted by atomic mass is 10.2. The number of amides is 1. The van der Waals surface area contributed by atoms with Gasteiger partial charge in [0.2, 0.25) is 5.91 Å². The lowest BCUT2D eigenvalue weighted by molar-refractivity contribution is -0.121. The van der Waals surface area contributed by atoms with Gasteiger partial charge in [0.05, 0.1) is 16.7 Å². The monoisotopic (exact) mass is 402 g/mol. The molecular formula is C20H26N4OS2. The van der Waals surface area contributed by atoms with E-state index in [1.54, 1.807) is 22.7 Å². The minimum Gasteiger partial charge on any atom is -0.353 e. The molecule has 0 aliphatic rings. The van der Waals surface area contributed by atoms with E-state index in [0.717, 1.165) is 27.7 Å². The van der Waals surface area contributed by atoms with Crippen LogP contribution in [0.1, 0.15) is 27.3 Å². The minimum absolute atomic E-state index is 0.0289. The van der Waals surface area contributed by atoms with Crippen LogP contribution in [0.4, 0.5) is 0 Å². The SMILES string of the molecule is Cc1nc(-c2cc(C)n(CC(=O)NC[C@H](c3cccs3)N(C)C)c2C)cs1. The van der Waals surface area contributed by atoms with Gasteiger partial charge in [-0.25, -0.2) is 4.98 Å². The average molecular weight is 403 g/mol. The third-order valence-corrected chi connectivity index (χ3v) is 6.50. The number of carbonyl (C=O) groups is 1. The van der Waals surface area contributed by atoms with E-state index in [1.807, 2.05) is 34.0 Å². The first kappa shape index (κ1) is 19.8. The second-order valence-electron chi connectivity index (χ2n) is 6.92. The van der Waals surface area contributed by atoms with Crippen LogP contribution in [0.15, 0.2) is 29.0 Å². The molecule has 0 aromatic carbocycles. The standard InChI is InChI=1S/C20H26N4OS2/c1-13-9-16(17-12-27-15(3)22-17)14(2)24(13)11-20(25)21-10-18(23(4)5)19-7-6-8-26-19/h6-9,12,18H,10-11H2,1-5H3,(H,21,25)/t18-/m1/s1. The fourth-order valence-electron chi connectivity index (χ4n) is 3.22. The van der Waals surface area contributed by atoms with E-state index in [-0.39, 0.29) is 11.9 Å². The summed E-state index contributed by atoms with van der Waals surface area (Å²) in [6, 6.07) is 6.47. The van der Waals surface area contributed by atoms with Crippen LogP contribution in [0.25, 0.3) is 11.3 Å². The van der Waals surface area contributed by atoms with E-state index in [4.69, 9.17) is 0 Å². The van der Waals surface area contributed by atoms with E-state index in [2.05, 4.69) is 49.6 Å². The van der Waals surface area contributed by atoms with Gasteiger partial charge in [-0.2, -0.15) is 0 Å². The maximum absolute atomic E-state index is 12.6. The van der Waals surface area contributed by atoms with Gasteiger partial charge in [-0.05, 0) is 52.4 Å². The molecule has 3 aromatic heterocycles. The molecule has 0 aliphatic carbocycles. The van der Waals surface area contributed by atoms with Gasteiger partial charge < -0.3 is 14.8 Å². The highest BCUT2D eigenvalue weighted by Gasteiger charge is 2.18. The number of aryl methyl sites for hydroxylation is 2. The first-order valence-electron chi connectivity index (χ1n) is 8.92. The van der Waals surface area contributed by atoms with Crippen molar-refractivity contribution in [3.8, 4) is 11.3 Å². The van der Waals surface area contributed by atoms with Crippen molar-refractivity contribution in [3.63, 3.8) is 0 Å². The van der Waals surface area contributed by atoms with Crippen molar-refractivity contribution in [3.05, 3.63) is 50.2 Å². The fraction of sp³-hybridized carbons (Fsp3) is 0.400. The van der Waals surface area contributed by atoms with Crippen molar-refractivity contribution in [2.24, 2.45) is 0 Å². The normalized spacial score (nSPS) is 12.5. The molecule has 27 heavy (non-hydrogen) atoms. The Hall–Kier alpha value is -1.96. The molecule has 3 rings (SSSR count). The quantitative estimate of drug-likeness (QED) is 0.649. The molecule has 7 heteroatoms. The van der Waals surface area contributed by atoms with Gasteiger partial charge in [-0.3, -0.25) is 4.79 Å². The maximum atomic E-state index is 12.6. The second-order valence-corrected chi connectivity index (χ2v) is 8.96. The molecule has 0 bridgehead atoms. The lowest BCUT2D eigenvalue weighted by Gasteiger charge is -2.23. The summed E-state index contributed by atoms with van der Waals surface area (Å²) in [5.41, 5.74) is 4.25. The van der Waals surface area contributed by atoms with Crippen LogP contribution in [0.5, 0.6) is 0 Å². The maximum Gasteiger partial charge on any atom is 0.240 e. The van der Waals surface area contributed by atoms with E-state index in [0.29, 0.717) is 13.1 Å². The van der Waals surface area contributed by atoms with Gasteiger partial charge in [0, 0.05) is 33.8 Å². The van der Waals surface area contributed by atoms with Crippen molar-refractivity contribution in [2.45, 2.75) is 33.4 Å². The summed E-state index contributed by atoms with van der Waals surface area (Å²) in [4.78, 5) is 20.6. The van der Waals surface area contributed by atoms with E-state index >= 15 is 0 Å². The Morgan fingerprint density at radius 2 is 2.07 bits per heavy atom. The van der Waals surface area contributed by atoms with Crippen LogP contribution < -0.4 is 5.32 Å². The number of hydrogen-bond donors (Lipinski definition) is 1. The molecule has 3 heterocycles. The fourth-order valence-corrected chi connectivity index (χ4v) is 4.75. The van der Waals surface area contributed by atoms with Crippen molar-refractivity contribution in [2.75, 3.05) is 20.6 Å². The van der Waals surface area contributed by atoms with E-state index < -0.39 is 0 Å². The molecule has 0 fully saturated rings. The Balaban J connectivity index is 1.68. The largest absolute Gasteiger partial charge is 0.353 e. The summed E-state index contributed by atoms with van der Waals surface area (Å²) in [7, 11) is 4.08. The van der Waals surface area contributed by atoms with Crippen molar-refractivity contribution in [1.82, 2.24) is 19.8 Å². The van der Waals surface area contributed by atoms with Gasteiger partial charge in [0.15, 0.2) is 0 Å². The van der Waals surface area contributed by atoms with Crippen LogP contribution in [0, 0.1) is 20.8 Å². The zero-order chi connectivity index (χ0) is 19.6. The zero-order valence-corrected chi connectivity index (χ0v) is 18.1. The number of hydrogen-bond acceptors (Lipinski definition) is 5. The molecule has 5 nitrogen and oxygen atoms in total. The molecule has 1 amide bonds. The first-order valence-corrected chi connectivity index (χ1v) is 10.7. The summed E-state index contributed by atoms with van der Waals surface area (Å²) in [5, 5.41) is 8.30. The number of likely N-dealkylation sites (N-methyl/N-ethyl adjacent to an activating group) is 1. The molecule has 3 aromatic rings. The number of thiazole rings is 1. The number of nitrogens with one attached hydrogen (secondary N) is 1. The van der Waals surface area contributed by atoms with Crippen LogP contribution in [-0.2, 0) is 11.3 Å². The highest BCUT2D eigenvalue weighted by atomic mass is 32.1. The Bertz CT molecular complexity index is 909. The number of thiophene rings is 1. The van der Waals surface area contributed by atoms with Gasteiger partial charge in [-0.1, -0.05) is 6.07 Å². The third kappa shape index (κ3) is 4.48. The number of aromatic nitrogens is 2. The third-order valence-electron chi connectivity index (χ3n) is 4.76. The van der Waals surface area contributed by atoms with Gasteiger partial charge in [0.1, 0.15) is 6.54 Å². The molecule has 0 aliphatic heterocycles. The Labute approximate surface area is 168 Å². The topological polar surface area (TPSA) is 50.2 Å². The van der Waals surface area contributed by atoms with Crippen LogP contribution >= 0.6 is 22.7 Å². The predicted octanol–water partition coefficient (Wildman–Crippen LogP) is 4.02. The minimum atomic E-state index is 0.0289. The smallest absolute Gasteiger partial charge is 0.240 e. The van der Waals surface area contributed by atoms with Gasteiger partial charge in [-0.15, -0.1) is 22.7 Å². The molecule has 0 spiro atoms. The highest BCUT2D eigenvalue weighted by molar-refractivity contribution is 7.10. The molecule has 1 atom stereocenters. The Morgan fingerprint density at radius 3 is 2.67 bits per heavy atom. The Morgan fingerprint density at radius 1 is 1.30 bits per heavy atom. The Kier molecular flexibility index (Phi) is 6.14. The number of rotatable bonds is 7. The van der Waals surface area contributed by atoms with Crippen LogP contribution in [0.2, 0.25) is 0 Å². The van der Waals surface area contributed by atoms with Crippen molar-refractivity contribution < 1.29 is 4.79 Å². The first-order chi connectivity index (χ1) is 12.9. The van der Waals surface area contributed by atoms with E-state index in [9.17, 15) is 4.79 Å².